The molecule has 0 fully saturated rings. The molecule has 3 aromatic rings. The van der Waals surface area contributed by atoms with Gasteiger partial charge in [-0.05, 0) is 24.3 Å². The van der Waals surface area contributed by atoms with Crippen molar-refractivity contribution in [1.82, 2.24) is 14.5 Å². The fourth-order valence-electron chi connectivity index (χ4n) is 2.33. The zero-order valence-corrected chi connectivity index (χ0v) is 12.0. The molecular formula is C16H16N4O. The van der Waals surface area contributed by atoms with Gasteiger partial charge in [-0.1, -0.05) is 6.58 Å². The van der Waals surface area contributed by atoms with E-state index in [1.807, 2.05) is 35.9 Å². The van der Waals surface area contributed by atoms with Crippen molar-refractivity contribution in [2.75, 3.05) is 12.8 Å². The van der Waals surface area contributed by atoms with Gasteiger partial charge in [0, 0.05) is 30.6 Å². The number of fused-ring (bicyclic) bond motifs is 1. The van der Waals surface area contributed by atoms with Gasteiger partial charge in [0.25, 0.3) is 0 Å². The van der Waals surface area contributed by atoms with Crippen LogP contribution in [0.4, 0.5) is 5.69 Å². The number of imidazole rings is 1. The number of hydrogen-bond donors (Lipinski definition) is 1. The Hall–Kier alpha value is -2.82. The second kappa shape index (κ2) is 4.94. The third-order valence-electron chi connectivity index (χ3n) is 3.47. The van der Waals surface area contributed by atoms with Gasteiger partial charge in [0.05, 0.1) is 23.8 Å². The Bertz CT molecular complexity index is 835. The van der Waals surface area contributed by atoms with Crippen LogP contribution < -0.4 is 5.73 Å². The lowest BCUT2D eigenvalue weighted by molar-refractivity contribution is 0.371. The van der Waals surface area contributed by atoms with Gasteiger partial charge in [-0.2, -0.15) is 0 Å². The smallest absolute Gasteiger partial charge is 0.142 e. The number of nitrogens with zero attached hydrogens (tertiary/aromatic N) is 3. The normalized spacial score (nSPS) is 10.8. The first-order valence-electron chi connectivity index (χ1n) is 6.51. The SMILES string of the molecule is C=C(OC)c1ccc2c(c1)nc(-c1cncc(N)c1)n2C. The number of nitrogen functional groups attached to an aromatic ring is 1. The van der Waals surface area contributed by atoms with Gasteiger partial charge in [0.15, 0.2) is 0 Å². The van der Waals surface area contributed by atoms with Gasteiger partial charge >= 0.3 is 0 Å². The van der Waals surface area contributed by atoms with E-state index < -0.39 is 0 Å². The van der Waals surface area contributed by atoms with Gasteiger partial charge < -0.3 is 15.0 Å². The molecule has 0 bridgehead atoms. The lowest BCUT2D eigenvalue weighted by Crippen LogP contribution is -1.94. The molecule has 5 heteroatoms. The first kappa shape index (κ1) is 13.2. The minimum absolute atomic E-state index is 0.619. The molecule has 5 nitrogen and oxygen atoms in total. The van der Waals surface area contributed by atoms with Gasteiger partial charge in [0.2, 0.25) is 0 Å². The van der Waals surface area contributed by atoms with Crippen LogP contribution in [0.25, 0.3) is 28.2 Å². The van der Waals surface area contributed by atoms with Crippen LogP contribution in [-0.4, -0.2) is 21.6 Å². The summed E-state index contributed by atoms with van der Waals surface area (Å²) in [7, 11) is 3.58. The molecule has 21 heavy (non-hydrogen) atoms. The first-order valence-corrected chi connectivity index (χ1v) is 6.51. The molecule has 0 aliphatic rings. The van der Waals surface area contributed by atoms with E-state index in [1.54, 1.807) is 19.5 Å². The van der Waals surface area contributed by atoms with Crippen molar-refractivity contribution in [3.05, 3.63) is 48.8 Å². The number of benzene rings is 1. The van der Waals surface area contributed by atoms with Crippen LogP contribution in [0.3, 0.4) is 0 Å². The largest absolute Gasteiger partial charge is 0.497 e. The molecule has 106 valence electrons. The van der Waals surface area contributed by atoms with E-state index in [1.165, 1.54) is 0 Å². The maximum atomic E-state index is 5.79. The lowest BCUT2D eigenvalue weighted by atomic mass is 10.2. The number of nitrogens with two attached hydrogens (primary N) is 1. The first-order chi connectivity index (χ1) is 10.1. The summed E-state index contributed by atoms with van der Waals surface area (Å²) < 4.78 is 7.19. The van der Waals surface area contributed by atoms with Gasteiger partial charge in [-0.3, -0.25) is 4.98 Å². The Kier molecular flexibility index (Phi) is 3.10. The molecule has 0 saturated heterocycles. The molecule has 2 heterocycles. The Balaban J connectivity index is 2.17. The summed E-state index contributed by atoms with van der Waals surface area (Å²) in [6, 6.07) is 7.80. The van der Waals surface area contributed by atoms with Crippen molar-refractivity contribution in [3.8, 4) is 11.4 Å². The van der Waals surface area contributed by atoms with E-state index in [0.717, 1.165) is 28.0 Å². The highest BCUT2D eigenvalue weighted by atomic mass is 16.5. The maximum Gasteiger partial charge on any atom is 0.142 e. The topological polar surface area (TPSA) is 66.0 Å². The van der Waals surface area contributed by atoms with Crippen LogP contribution in [0.15, 0.2) is 43.2 Å². The molecule has 0 spiro atoms. The minimum atomic E-state index is 0.619. The summed E-state index contributed by atoms with van der Waals surface area (Å²) in [6.45, 7) is 3.87. The summed E-state index contributed by atoms with van der Waals surface area (Å²) in [5.74, 6) is 1.44. The lowest BCUT2D eigenvalue weighted by Gasteiger charge is -2.04. The molecule has 2 aromatic heterocycles. The van der Waals surface area contributed by atoms with Crippen molar-refractivity contribution >= 4 is 22.5 Å². The molecule has 0 aliphatic carbocycles. The molecule has 0 aliphatic heterocycles. The summed E-state index contributed by atoms with van der Waals surface area (Å²) in [4.78, 5) is 8.79. The molecular weight excluding hydrogens is 264 g/mol. The van der Waals surface area contributed by atoms with Crippen LogP contribution in [0.5, 0.6) is 0 Å². The summed E-state index contributed by atoms with van der Waals surface area (Å²) in [6.07, 6.45) is 3.37. The predicted octanol–water partition coefficient (Wildman–Crippen LogP) is 2.83. The third-order valence-corrected chi connectivity index (χ3v) is 3.47. The summed E-state index contributed by atoms with van der Waals surface area (Å²) in [5, 5.41) is 0. The second-order valence-corrected chi connectivity index (χ2v) is 4.83. The molecule has 0 unspecified atom stereocenters. The van der Waals surface area contributed by atoms with E-state index in [2.05, 4.69) is 16.5 Å². The van der Waals surface area contributed by atoms with Crippen molar-refractivity contribution in [2.24, 2.45) is 7.05 Å². The van der Waals surface area contributed by atoms with Crippen molar-refractivity contribution in [3.63, 3.8) is 0 Å². The highest BCUT2D eigenvalue weighted by Crippen LogP contribution is 2.26. The molecule has 2 N–H and O–H groups in total. The van der Waals surface area contributed by atoms with Crippen molar-refractivity contribution in [1.29, 1.82) is 0 Å². The number of methoxy groups -OCH3 is 1. The quantitative estimate of drug-likeness (QED) is 0.749. The zero-order valence-electron chi connectivity index (χ0n) is 12.0. The van der Waals surface area contributed by atoms with E-state index >= 15 is 0 Å². The Morgan fingerprint density at radius 1 is 1.29 bits per heavy atom. The summed E-state index contributed by atoms with van der Waals surface area (Å²) in [5.41, 5.74) is 10.1. The number of aryl methyl sites for hydroxylation is 1. The van der Waals surface area contributed by atoms with E-state index in [0.29, 0.717) is 11.4 Å². The predicted molar refractivity (Wildman–Crippen MR) is 84.4 cm³/mol. The highest BCUT2D eigenvalue weighted by Gasteiger charge is 2.11. The van der Waals surface area contributed by atoms with E-state index in [-0.39, 0.29) is 0 Å². The van der Waals surface area contributed by atoms with Crippen LogP contribution in [0, 0.1) is 0 Å². The van der Waals surface area contributed by atoms with Crippen LogP contribution in [0.2, 0.25) is 0 Å². The standard InChI is InChI=1S/C16H16N4O/c1-10(21-3)11-4-5-15-14(7-11)19-16(20(15)2)12-6-13(17)9-18-8-12/h4-9H,1,17H2,2-3H3. The average Bonchev–Trinajstić information content (AvgIpc) is 2.83. The van der Waals surface area contributed by atoms with Crippen LogP contribution in [0.1, 0.15) is 5.56 Å². The molecule has 0 atom stereocenters. The van der Waals surface area contributed by atoms with Gasteiger partial charge in [-0.15, -0.1) is 0 Å². The maximum absolute atomic E-state index is 5.79. The number of pyridine rings is 1. The Labute approximate surface area is 122 Å². The third kappa shape index (κ3) is 2.23. The molecule has 0 radical (unpaired) electrons. The number of rotatable bonds is 3. The molecule has 1 aromatic carbocycles. The van der Waals surface area contributed by atoms with E-state index in [4.69, 9.17) is 10.5 Å². The molecule has 0 amide bonds. The van der Waals surface area contributed by atoms with E-state index in [9.17, 15) is 0 Å². The minimum Gasteiger partial charge on any atom is -0.497 e. The Morgan fingerprint density at radius 2 is 2.10 bits per heavy atom. The molecule has 0 saturated carbocycles. The average molecular weight is 280 g/mol. The fraction of sp³-hybridized carbons (Fsp3) is 0.125. The summed E-state index contributed by atoms with van der Waals surface area (Å²) >= 11 is 0. The van der Waals surface area contributed by atoms with Crippen molar-refractivity contribution in [2.45, 2.75) is 0 Å². The fourth-order valence-corrected chi connectivity index (χ4v) is 2.33. The number of anilines is 1. The van der Waals surface area contributed by atoms with Gasteiger partial charge in [0.1, 0.15) is 11.6 Å². The molecule has 3 rings (SSSR count). The van der Waals surface area contributed by atoms with Crippen LogP contribution >= 0.6 is 0 Å². The number of aromatic nitrogens is 3. The Morgan fingerprint density at radius 3 is 2.81 bits per heavy atom. The number of ether oxygens (including phenoxy) is 1. The monoisotopic (exact) mass is 280 g/mol. The van der Waals surface area contributed by atoms with Crippen molar-refractivity contribution < 1.29 is 4.74 Å². The number of hydrogen-bond acceptors (Lipinski definition) is 4. The zero-order chi connectivity index (χ0) is 15.0. The second-order valence-electron chi connectivity index (χ2n) is 4.83. The highest BCUT2D eigenvalue weighted by molar-refractivity contribution is 5.83. The van der Waals surface area contributed by atoms with Gasteiger partial charge in [-0.25, -0.2) is 4.98 Å². The van der Waals surface area contributed by atoms with Crippen LogP contribution in [-0.2, 0) is 11.8 Å².